The van der Waals surface area contributed by atoms with Crippen molar-refractivity contribution in [3.05, 3.63) is 24.0 Å². The Bertz CT molecular complexity index is 419. The fourth-order valence-corrected chi connectivity index (χ4v) is 5.23. The Hall–Kier alpha value is -0.430. The minimum Gasteiger partial charge on any atom is -0.492 e. The Labute approximate surface area is 129 Å². The smallest absolute Gasteiger partial charge is 0.137 e. The van der Waals surface area contributed by atoms with E-state index < -0.39 is 0 Å². The van der Waals surface area contributed by atoms with Crippen LogP contribution in [0.2, 0.25) is 0 Å². The molecule has 3 unspecified atom stereocenters. The molecular formula is C14H23N3OS2. The highest BCUT2D eigenvalue weighted by Gasteiger charge is 2.31. The fraction of sp³-hybridized carbons (Fsp3) is 0.643. The molecule has 0 amide bonds. The minimum atomic E-state index is 0.112. The number of rotatable bonds is 6. The van der Waals surface area contributed by atoms with Crippen molar-refractivity contribution >= 4 is 23.5 Å². The minimum absolute atomic E-state index is 0.112. The Balaban J connectivity index is 2.13. The Morgan fingerprint density at radius 3 is 2.95 bits per heavy atom. The summed E-state index contributed by atoms with van der Waals surface area (Å²) in [6, 6.07) is 2.17. The predicted molar refractivity (Wildman–Crippen MR) is 88.3 cm³/mol. The van der Waals surface area contributed by atoms with Crippen molar-refractivity contribution in [3.63, 3.8) is 0 Å². The van der Waals surface area contributed by atoms with Crippen molar-refractivity contribution in [3.8, 4) is 5.75 Å². The van der Waals surface area contributed by atoms with Crippen LogP contribution in [0, 0.1) is 0 Å². The molecule has 0 radical (unpaired) electrons. The van der Waals surface area contributed by atoms with E-state index in [9.17, 15) is 0 Å². The van der Waals surface area contributed by atoms with Crippen molar-refractivity contribution in [1.82, 2.24) is 10.4 Å². The molecule has 1 aliphatic rings. The van der Waals surface area contributed by atoms with E-state index in [0.29, 0.717) is 10.5 Å². The Morgan fingerprint density at radius 2 is 2.25 bits per heavy atom. The molecule has 6 heteroatoms. The molecule has 3 N–H and O–H groups in total. The van der Waals surface area contributed by atoms with E-state index in [1.54, 1.807) is 6.20 Å². The van der Waals surface area contributed by atoms with Crippen molar-refractivity contribution in [2.24, 2.45) is 5.84 Å². The van der Waals surface area contributed by atoms with Gasteiger partial charge in [-0.1, -0.05) is 13.8 Å². The maximum absolute atomic E-state index is 5.81. The molecule has 1 aliphatic heterocycles. The first-order valence-corrected chi connectivity index (χ1v) is 9.13. The largest absolute Gasteiger partial charge is 0.492 e. The van der Waals surface area contributed by atoms with Crippen LogP contribution in [-0.2, 0) is 0 Å². The van der Waals surface area contributed by atoms with E-state index in [0.717, 1.165) is 24.3 Å². The number of hydrogen-bond donors (Lipinski definition) is 2. The molecule has 1 saturated heterocycles. The van der Waals surface area contributed by atoms with Crippen LogP contribution < -0.4 is 16.0 Å². The molecule has 0 aromatic carbocycles. The number of hydrazine groups is 1. The second-order valence-corrected chi connectivity index (χ2v) is 7.63. The number of nitrogens with zero attached hydrogens (tertiary/aromatic N) is 1. The predicted octanol–water partition coefficient (Wildman–Crippen LogP) is 2.61. The van der Waals surface area contributed by atoms with Crippen LogP contribution >= 0.6 is 23.5 Å². The van der Waals surface area contributed by atoms with Gasteiger partial charge in [-0.05, 0) is 18.1 Å². The summed E-state index contributed by atoms with van der Waals surface area (Å²) in [5.74, 6) is 9.03. The molecule has 4 nitrogen and oxygen atoms in total. The van der Waals surface area contributed by atoms with E-state index in [4.69, 9.17) is 10.6 Å². The van der Waals surface area contributed by atoms with Crippen LogP contribution in [0.1, 0.15) is 31.9 Å². The molecule has 2 heterocycles. The first-order valence-electron chi connectivity index (χ1n) is 7.03. The molecule has 1 aromatic heterocycles. The summed E-state index contributed by atoms with van der Waals surface area (Å²) in [4.78, 5) is 4.29. The normalized spacial score (nSPS) is 24.4. The summed E-state index contributed by atoms with van der Waals surface area (Å²) in [6.07, 6.45) is 4.64. The van der Waals surface area contributed by atoms with E-state index in [-0.39, 0.29) is 6.04 Å². The van der Waals surface area contributed by atoms with Crippen molar-refractivity contribution in [2.75, 3.05) is 18.1 Å². The molecule has 20 heavy (non-hydrogen) atoms. The average Bonchev–Trinajstić information content (AvgIpc) is 2.48. The van der Waals surface area contributed by atoms with Gasteiger partial charge < -0.3 is 4.74 Å². The standard InChI is InChI=1S/C14H23N3OS2/c1-3-4-18-12-7-11(8-16-9-12)13(17-15)14-10(2)19-5-6-20-14/h7-10,13-14,17H,3-6,15H2,1-2H3. The van der Waals surface area contributed by atoms with Gasteiger partial charge in [0.2, 0.25) is 0 Å². The van der Waals surface area contributed by atoms with Crippen molar-refractivity contribution < 1.29 is 4.74 Å². The third kappa shape index (κ3) is 4.04. The molecule has 0 saturated carbocycles. The molecular weight excluding hydrogens is 290 g/mol. The van der Waals surface area contributed by atoms with Gasteiger partial charge in [-0.25, -0.2) is 0 Å². The molecule has 0 spiro atoms. The highest BCUT2D eigenvalue weighted by Crippen LogP contribution is 2.38. The van der Waals surface area contributed by atoms with Gasteiger partial charge in [0.05, 0.1) is 18.8 Å². The lowest BCUT2D eigenvalue weighted by molar-refractivity contribution is 0.315. The zero-order valence-corrected chi connectivity index (χ0v) is 13.7. The summed E-state index contributed by atoms with van der Waals surface area (Å²) in [7, 11) is 0. The average molecular weight is 313 g/mol. The second kappa shape index (κ2) is 8.12. The summed E-state index contributed by atoms with van der Waals surface area (Å²) >= 11 is 4.01. The zero-order chi connectivity index (χ0) is 14.4. The molecule has 112 valence electrons. The number of pyridine rings is 1. The van der Waals surface area contributed by atoms with Crippen LogP contribution in [0.3, 0.4) is 0 Å². The monoisotopic (exact) mass is 313 g/mol. The molecule has 0 bridgehead atoms. The number of nitrogens with one attached hydrogen (secondary N) is 1. The van der Waals surface area contributed by atoms with Crippen LogP contribution in [0.5, 0.6) is 5.75 Å². The van der Waals surface area contributed by atoms with Crippen LogP contribution in [-0.4, -0.2) is 33.6 Å². The SMILES string of the molecule is CCCOc1cncc(C(NN)C2SCCSC2C)c1. The number of ether oxygens (including phenoxy) is 1. The van der Waals surface area contributed by atoms with Gasteiger partial charge >= 0.3 is 0 Å². The topological polar surface area (TPSA) is 60.2 Å². The highest BCUT2D eigenvalue weighted by atomic mass is 32.2. The first kappa shape index (κ1) is 15.9. The van der Waals surface area contributed by atoms with Gasteiger partial charge in [0, 0.05) is 28.2 Å². The van der Waals surface area contributed by atoms with Gasteiger partial charge in [-0.15, -0.1) is 0 Å². The lowest BCUT2D eigenvalue weighted by Crippen LogP contribution is -2.41. The van der Waals surface area contributed by atoms with E-state index in [2.05, 4.69) is 30.3 Å². The van der Waals surface area contributed by atoms with Crippen LogP contribution in [0.25, 0.3) is 0 Å². The van der Waals surface area contributed by atoms with Crippen molar-refractivity contribution in [1.29, 1.82) is 0 Å². The summed E-state index contributed by atoms with van der Waals surface area (Å²) in [6.45, 7) is 5.09. The fourth-order valence-electron chi connectivity index (χ4n) is 2.30. The number of thioether (sulfide) groups is 2. The van der Waals surface area contributed by atoms with Gasteiger partial charge in [0.15, 0.2) is 0 Å². The van der Waals surface area contributed by atoms with Gasteiger partial charge in [-0.2, -0.15) is 23.5 Å². The van der Waals surface area contributed by atoms with Gasteiger partial charge in [0.25, 0.3) is 0 Å². The zero-order valence-electron chi connectivity index (χ0n) is 12.0. The second-order valence-electron chi connectivity index (χ2n) is 4.86. The molecule has 0 aliphatic carbocycles. The highest BCUT2D eigenvalue weighted by molar-refractivity contribution is 8.07. The van der Waals surface area contributed by atoms with E-state index >= 15 is 0 Å². The van der Waals surface area contributed by atoms with Gasteiger partial charge in [-0.3, -0.25) is 16.3 Å². The molecule has 2 rings (SSSR count). The maximum Gasteiger partial charge on any atom is 0.137 e. The quantitative estimate of drug-likeness (QED) is 0.622. The Morgan fingerprint density at radius 1 is 1.45 bits per heavy atom. The lowest BCUT2D eigenvalue weighted by atomic mass is 10.0. The van der Waals surface area contributed by atoms with Gasteiger partial charge in [0.1, 0.15) is 5.75 Å². The number of aromatic nitrogens is 1. The van der Waals surface area contributed by atoms with Crippen LogP contribution in [0.4, 0.5) is 0 Å². The molecule has 1 aromatic rings. The van der Waals surface area contributed by atoms with E-state index in [1.165, 1.54) is 11.5 Å². The van der Waals surface area contributed by atoms with Crippen molar-refractivity contribution in [2.45, 2.75) is 36.8 Å². The third-order valence-electron chi connectivity index (χ3n) is 3.31. The summed E-state index contributed by atoms with van der Waals surface area (Å²) in [5.41, 5.74) is 4.08. The van der Waals surface area contributed by atoms with Crippen LogP contribution in [0.15, 0.2) is 18.5 Å². The Kier molecular flexibility index (Phi) is 6.48. The molecule has 3 atom stereocenters. The summed E-state index contributed by atoms with van der Waals surface area (Å²) < 4.78 is 5.66. The first-order chi connectivity index (χ1) is 9.76. The van der Waals surface area contributed by atoms with E-state index in [1.807, 2.05) is 29.7 Å². The number of nitrogens with two attached hydrogens (primary N) is 1. The maximum atomic E-state index is 5.81. The molecule has 1 fully saturated rings. The lowest BCUT2D eigenvalue weighted by Gasteiger charge is -2.34. The number of hydrogen-bond acceptors (Lipinski definition) is 6. The third-order valence-corrected chi connectivity index (χ3v) is 6.51. The summed E-state index contributed by atoms with van der Waals surface area (Å²) in [5, 5.41) is 1.04.